The number of rotatable bonds is 3. The molecule has 2 aromatic rings. The van der Waals surface area contributed by atoms with Crippen molar-refractivity contribution in [3.05, 3.63) is 29.9 Å². The molecular formula is C13H19N5O. The molecule has 19 heavy (non-hydrogen) atoms. The van der Waals surface area contributed by atoms with Crippen LogP contribution in [0.1, 0.15) is 49.6 Å². The van der Waals surface area contributed by atoms with Crippen molar-refractivity contribution in [3.8, 4) is 0 Å². The molecule has 3 heterocycles. The van der Waals surface area contributed by atoms with Gasteiger partial charge in [0.1, 0.15) is 6.54 Å². The van der Waals surface area contributed by atoms with Crippen LogP contribution in [0.3, 0.4) is 0 Å². The van der Waals surface area contributed by atoms with Crippen LogP contribution < -0.4 is 5.32 Å². The Kier molecular flexibility index (Phi) is 3.33. The lowest BCUT2D eigenvalue weighted by molar-refractivity contribution is 0.324. The Morgan fingerprint density at radius 1 is 1.47 bits per heavy atom. The van der Waals surface area contributed by atoms with Gasteiger partial charge in [0.05, 0.1) is 12.0 Å². The summed E-state index contributed by atoms with van der Waals surface area (Å²) in [5.41, 5.74) is 1.20. The van der Waals surface area contributed by atoms with E-state index in [-0.39, 0.29) is 0 Å². The van der Waals surface area contributed by atoms with Gasteiger partial charge in [0.25, 0.3) is 0 Å². The molecule has 1 saturated heterocycles. The summed E-state index contributed by atoms with van der Waals surface area (Å²) in [6.45, 7) is 4.64. The molecule has 2 atom stereocenters. The number of aromatic nitrogens is 4. The Morgan fingerprint density at radius 3 is 3.11 bits per heavy atom. The fraction of sp³-hybridized carbons (Fsp3) is 0.615. The second kappa shape index (κ2) is 5.13. The lowest BCUT2D eigenvalue weighted by atomic mass is 9.97. The molecule has 3 rings (SSSR count). The van der Waals surface area contributed by atoms with Crippen LogP contribution in [-0.4, -0.2) is 25.7 Å². The number of hydrogen-bond acceptors (Lipinski definition) is 5. The fourth-order valence-corrected chi connectivity index (χ4v) is 2.67. The quantitative estimate of drug-likeness (QED) is 0.912. The summed E-state index contributed by atoms with van der Waals surface area (Å²) in [7, 11) is 0. The second-order valence-electron chi connectivity index (χ2n) is 5.23. The number of piperidine rings is 1. The summed E-state index contributed by atoms with van der Waals surface area (Å²) in [4.78, 5) is 8.50. The van der Waals surface area contributed by atoms with E-state index in [2.05, 4.69) is 31.9 Å². The third-order valence-corrected chi connectivity index (χ3v) is 3.59. The Bertz CT molecular complexity index is 547. The monoisotopic (exact) mass is 261 g/mol. The van der Waals surface area contributed by atoms with Crippen molar-refractivity contribution in [1.82, 2.24) is 25.0 Å². The van der Waals surface area contributed by atoms with Crippen molar-refractivity contribution in [3.63, 3.8) is 0 Å². The standard InChI is InChI=1S/C13H19N5O/c1-9-4-3-5-11(15-9)12-6-14-8-18(12)7-13-16-10(2)17-19-13/h6,8-9,11,15H,3-5,7H2,1-2H3. The second-order valence-corrected chi connectivity index (χ2v) is 5.23. The molecule has 1 N–H and O–H groups in total. The minimum absolute atomic E-state index is 0.371. The molecule has 1 fully saturated rings. The van der Waals surface area contributed by atoms with E-state index in [1.165, 1.54) is 18.5 Å². The lowest BCUT2D eigenvalue weighted by Crippen LogP contribution is -2.35. The average Bonchev–Trinajstić information content (AvgIpc) is 2.99. The molecule has 1 aliphatic rings. The van der Waals surface area contributed by atoms with Gasteiger partial charge in [-0.05, 0) is 33.1 Å². The van der Waals surface area contributed by atoms with E-state index in [4.69, 9.17) is 4.52 Å². The van der Waals surface area contributed by atoms with E-state index in [1.54, 1.807) is 0 Å². The predicted octanol–water partition coefficient (Wildman–Crippen LogP) is 1.83. The number of nitrogens with zero attached hydrogens (tertiary/aromatic N) is 4. The molecule has 0 radical (unpaired) electrons. The smallest absolute Gasteiger partial charge is 0.246 e. The molecule has 2 unspecified atom stereocenters. The number of imidazole rings is 1. The molecule has 102 valence electrons. The molecule has 0 saturated carbocycles. The Labute approximate surface area is 112 Å². The molecule has 0 aliphatic carbocycles. The number of hydrogen-bond donors (Lipinski definition) is 1. The van der Waals surface area contributed by atoms with Crippen LogP contribution in [0.4, 0.5) is 0 Å². The van der Waals surface area contributed by atoms with E-state index >= 15 is 0 Å². The van der Waals surface area contributed by atoms with Gasteiger partial charge < -0.3 is 14.4 Å². The third-order valence-electron chi connectivity index (χ3n) is 3.59. The van der Waals surface area contributed by atoms with Crippen LogP contribution in [0.2, 0.25) is 0 Å². The normalized spacial score (nSPS) is 23.7. The Morgan fingerprint density at radius 2 is 2.37 bits per heavy atom. The Balaban J connectivity index is 1.78. The maximum Gasteiger partial charge on any atom is 0.246 e. The zero-order valence-corrected chi connectivity index (χ0v) is 11.3. The largest absolute Gasteiger partial charge is 0.337 e. The van der Waals surface area contributed by atoms with Crippen LogP contribution in [-0.2, 0) is 6.54 Å². The predicted molar refractivity (Wildman–Crippen MR) is 69.6 cm³/mol. The third kappa shape index (κ3) is 2.68. The highest BCUT2D eigenvalue weighted by Crippen LogP contribution is 2.25. The topological polar surface area (TPSA) is 68.8 Å². The number of nitrogens with one attached hydrogen (secondary N) is 1. The molecule has 6 heteroatoms. The molecule has 0 amide bonds. The van der Waals surface area contributed by atoms with Crippen LogP contribution in [0, 0.1) is 6.92 Å². The lowest BCUT2D eigenvalue weighted by Gasteiger charge is -2.29. The van der Waals surface area contributed by atoms with Crippen molar-refractivity contribution in [2.75, 3.05) is 0 Å². The molecular weight excluding hydrogens is 242 g/mol. The van der Waals surface area contributed by atoms with Gasteiger partial charge in [-0.2, -0.15) is 4.98 Å². The maximum absolute atomic E-state index is 5.17. The molecule has 0 spiro atoms. The van der Waals surface area contributed by atoms with E-state index in [1.807, 2.05) is 19.4 Å². The highest BCUT2D eigenvalue weighted by atomic mass is 16.5. The first kappa shape index (κ1) is 12.3. The summed E-state index contributed by atoms with van der Waals surface area (Å²) in [5, 5.41) is 7.44. The van der Waals surface area contributed by atoms with Crippen molar-refractivity contribution >= 4 is 0 Å². The van der Waals surface area contributed by atoms with Gasteiger partial charge in [-0.15, -0.1) is 0 Å². The van der Waals surface area contributed by atoms with Gasteiger partial charge in [-0.25, -0.2) is 4.98 Å². The average molecular weight is 261 g/mol. The van der Waals surface area contributed by atoms with Crippen LogP contribution >= 0.6 is 0 Å². The van der Waals surface area contributed by atoms with Gasteiger partial charge >= 0.3 is 0 Å². The van der Waals surface area contributed by atoms with Gasteiger partial charge in [-0.3, -0.25) is 0 Å². The number of aryl methyl sites for hydroxylation is 1. The first-order chi connectivity index (χ1) is 9.22. The zero-order chi connectivity index (χ0) is 13.2. The van der Waals surface area contributed by atoms with Gasteiger partial charge in [0.15, 0.2) is 5.82 Å². The molecule has 6 nitrogen and oxygen atoms in total. The van der Waals surface area contributed by atoms with Gasteiger partial charge in [0.2, 0.25) is 5.89 Å². The summed E-state index contributed by atoms with van der Waals surface area (Å²) in [6, 6.07) is 0.933. The van der Waals surface area contributed by atoms with Gasteiger partial charge in [-0.1, -0.05) is 5.16 Å². The molecule has 2 aromatic heterocycles. The highest BCUT2D eigenvalue weighted by Gasteiger charge is 2.22. The highest BCUT2D eigenvalue weighted by molar-refractivity contribution is 5.08. The minimum Gasteiger partial charge on any atom is -0.337 e. The van der Waals surface area contributed by atoms with Crippen molar-refractivity contribution in [1.29, 1.82) is 0 Å². The SMILES string of the molecule is Cc1noc(Cn2cncc2C2CCCC(C)N2)n1. The first-order valence-electron chi connectivity index (χ1n) is 6.77. The molecule has 0 aromatic carbocycles. The molecule has 1 aliphatic heterocycles. The van der Waals surface area contributed by atoms with E-state index < -0.39 is 0 Å². The summed E-state index contributed by atoms with van der Waals surface area (Å²) < 4.78 is 7.26. The van der Waals surface area contributed by atoms with Crippen molar-refractivity contribution in [2.45, 2.75) is 51.7 Å². The first-order valence-corrected chi connectivity index (χ1v) is 6.77. The summed E-state index contributed by atoms with van der Waals surface area (Å²) >= 11 is 0. The summed E-state index contributed by atoms with van der Waals surface area (Å²) in [6.07, 6.45) is 7.41. The van der Waals surface area contributed by atoms with Crippen LogP contribution in [0.5, 0.6) is 0 Å². The minimum atomic E-state index is 0.371. The van der Waals surface area contributed by atoms with Gasteiger partial charge in [0, 0.05) is 18.3 Å². The van der Waals surface area contributed by atoms with E-state index in [0.29, 0.717) is 30.3 Å². The van der Waals surface area contributed by atoms with Crippen molar-refractivity contribution in [2.24, 2.45) is 0 Å². The van der Waals surface area contributed by atoms with Crippen LogP contribution in [0.15, 0.2) is 17.0 Å². The zero-order valence-electron chi connectivity index (χ0n) is 11.3. The van der Waals surface area contributed by atoms with E-state index in [0.717, 1.165) is 6.42 Å². The summed E-state index contributed by atoms with van der Waals surface area (Å²) in [5.74, 6) is 1.29. The van der Waals surface area contributed by atoms with Crippen LogP contribution in [0.25, 0.3) is 0 Å². The molecule has 0 bridgehead atoms. The maximum atomic E-state index is 5.17. The fourth-order valence-electron chi connectivity index (χ4n) is 2.67. The Hall–Kier alpha value is -1.69. The van der Waals surface area contributed by atoms with E-state index in [9.17, 15) is 0 Å². The van der Waals surface area contributed by atoms with Crippen molar-refractivity contribution < 1.29 is 4.52 Å².